The van der Waals surface area contributed by atoms with Crippen LogP contribution in [0.15, 0.2) is 18.2 Å². The highest BCUT2D eigenvalue weighted by atomic mass is 16.1. The molecular formula is C14H22N4O. The number of nitrogens with two attached hydrogens (primary N) is 2. The van der Waals surface area contributed by atoms with Gasteiger partial charge in [-0.1, -0.05) is 6.07 Å². The van der Waals surface area contributed by atoms with Crippen LogP contribution in [-0.4, -0.2) is 44.5 Å². The summed E-state index contributed by atoms with van der Waals surface area (Å²) in [6.07, 6.45) is 1.20. The summed E-state index contributed by atoms with van der Waals surface area (Å²) >= 11 is 0. The summed E-state index contributed by atoms with van der Waals surface area (Å²) in [4.78, 5) is 15.8. The van der Waals surface area contributed by atoms with E-state index in [0.29, 0.717) is 17.2 Å². The van der Waals surface area contributed by atoms with Gasteiger partial charge in [-0.05, 0) is 38.1 Å². The Bertz CT molecular complexity index is 475. The standard InChI is InChI=1S/C14H22N4O/c1-17-7-6-10(8-17)9-18(2)12-5-3-4-11(13(12)15)14(16)19/h3-5,10H,6-9,15H2,1-2H3,(H2,16,19). The quantitative estimate of drug-likeness (QED) is 0.785. The number of rotatable bonds is 4. The lowest BCUT2D eigenvalue weighted by Crippen LogP contribution is -2.28. The number of anilines is 2. The zero-order valence-electron chi connectivity index (χ0n) is 11.6. The van der Waals surface area contributed by atoms with E-state index in [2.05, 4.69) is 16.8 Å². The molecule has 1 heterocycles. The van der Waals surface area contributed by atoms with Gasteiger partial charge in [-0.15, -0.1) is 0 Å². The third kappa shape index (κ3) is 2.98. The van der Waals surface area contributed by atoms with Gasteiger partial charge in [-0.25, -0.2) is 0 Å². The lowest BCUT2D eigenvalue weighted by atomic mass is 10.1. The Labute approximate surface area is 114 Å². The summed E-state index contributed by atoms with van der Waals surface area (Å²) in [5.41, 5.74) is 13.1. The molecule has 5 nitrogen and oxygen atoms in total. The fourth-order valence-electron chi connectivity index (χ4n) is 2.76. The molecule has 5 heteroatoms. The molecule has 0 saturated carbocycles. The van der Waals surface area contributed by atoms with Gasteiger partial charge in [0.15, 0.2) is 0 Å². The Morgan fingerprint density at radius 2 is 2.26 bits per heavy atom. The van der Waals surface area contributed by atoms with Crippen LogP contribution in [0.2, 0.25) is 0 Å². The Morgan fingerprint density at radius 3 is 2.84 bits per heavy atom. The number of para-hydroxylation sites is 1. The zero-order valence-corrected chi connectivity index (χ0v) is 11.6. The van der Waals surface area contributed by atoms with Crippen LogP contribution in [0.5, 0.6) is 0 Å². The van der Waals surface area contributed by atoms with Crippen LogP contribution in [0.25, 0.3) is 0 Å². The molecule has 2 rings (SSSR count). The van der Waals surface area contributed by atoms with Gasteiger partial charge in [-0.3, -0.25) is 4.79 Å². The van der Waals surface area contributed by atoms with Crippen LogP contribution in [0.3, 0.4) is 0 Å². The number of hydrogen-bond acceptors (Lipinski definition) is 4. The molecule has 1 saturated heterocycles. The molecule has 0 spiro atoms. The number of nitrogen functional groups attached to an aromatic ring is 1. The summed E-state index contributed by atoms with van der Waals surface area (Å²) in [6, 6.07) is 5.42. The van der Waals surface area contributed by atoms with E-state index in [1.165, 1.54) is 6.42 Å². The first kappa shape index (κ1) is 13.7. The SMILES string of the molecule is CN1CCC(CN(C)c2cccc(C(N)=O)c2N)C1. The van der Waals surface area contributed by atoms with E-state index in [-0.39, 0.29) is 0 Å². The summed E-state index contributed by atoms with van der Waals surface area (Å²) in [5.74, 6) is 0.167. The van der Waals surface area contributed by atoms with Gasteiger partial charge >= 0.3 is 0 Å². The first-order valence-electron chi connectivity index (χ1n) is 6.57. The maximum Gasteiger partial charge on any atom is 0.250 e. The summed E-state index contributed by atoms with van der Waals surface area (Å²) < 4.78 is 0. The summed E-state index contributed by atoms with van der Waals surface area (Å²) in [5, 5.41) is 0. The molecule has 0 aromatic heterocycles. The van der Waals surface area contributed by atoms with E-state index in [0.717, 1.165) is 25.3 Å². The van der Waals surface area contributed by atoms with Gasteiger partial charge in [0.2, 0.25) is 0 Å². The number of benzene rings is 1. The number of hydrogen-bond donors (Lipinski definition) is 2. The normalized spacial score (nSPS) is 19.6. The molecule has 1 aromatic carbocycles. The van der Waals surface area contributed by atoms with Gasteiger partial charge in [0.1, 0.15) is 0 Å². The second-order valence-electron chi connectivity index (χ2n) is 5.40. The fraction of sp³-hybridized carbons (Fsp3) is 0.500. The predicted octanol–water partition coefficient (Wildman–Crippen LogP) is 0.756. The van der Waals surface area contributed by atoms with Crippen molar-refractivity contribution in [1.82, 2.24) is 4.90 Å². The van der Waals surface area contributed by atoms with Gasteiger partial charge in [0.25, 0.3) is 5.91 Å². The van der Waals surface area contributed by atoms with Crippen molar-refractivity contribution in [3.63, 3.8) is 0 Å². The van der Waals surface area contributed by atoms with Crippen LogP contribution in [0, 0.1) is 5.92 Å². The van der Waals surface area contributed by atoms with E-state index in [9.17, 15) is 4.79 Å². The van der Waals surface area contributed by atoms with E-state index in [1.54, 1.807) is 6.07 Å². The third-order valence-electron chi connectivity index (χ3n) is 3.78. The minimum Gasteiger partial charge on any atom is -0.396 e. The maximum absolute atomic E-state index is 11.3. The van der Waals surface area contributed by atoms with Crippen LogP contribution in [0.1, 0.15) is 16.8 Å². The molecule has 1 atom stereocenters. The Balaban J connectivity index is 2.13. The number of carbonyl (C=O) groups excluding carboxylic acids is 1. The number of carbonyl (C=O) groups is 1. The third-order valence-corrected chi connectivity index (χ3v) is 3.78. The topological polar surface area (TPSA) is 75.6 Å². The molecule has 1 aromatic rings. The lowest BCUT2D eigenvalue weighted by molar-refractivity contribution is 0.100. The van der Waals surface area contributed by atoms with Crippen LogP contribution < -0.4 is 16.4 Å². The highest BCUT2D eigenvalue weighted by molar-refractivity contribution is 6.00. The highest BCUT2D eigenvalue weighted by Gasteiger charge is 2.22. The van der Waals surface area contributed by atoms with Crippen molar-refractivity contribution in [2.24, 2.45) is 11.7 Å². The Kier molecular flexibility index (Phi) is 3.95. The molecule has 1 amide bonds. The first-order chi connectivity index (χ1) is 8.99. The van der Waals surface area contributed by atoms with Crippen molar-refractivity contribution in [2.45, 2.75) is 6.42 Å². The summed E-state index contributed by atoms with van der Waals surface area (Å²) in [7, 11) is 4.15. The monoisotopic (exact) mass is 262 g/mol. The van der Waals surface area contributed by atoms with Crippen LogP contribution in [0.4, 0.5) is 11.4 Å². The molecule has 104 valence electrons. The lowest BCUT2D eigenvalue weighted by Gasteiger charge is -2.25. The van der Waals surface area contributed by atoms with Crippen molar-refractivity contribution >= 4 is 17.3 Å². The summed E-state index contributed by atoms with van der Waals surface area (Å²) in [6.45, 7) is 3.20. The second kappa shape index (κ2) is 5.48. The number of amides is 1. The average molecular weight is 262 g/mol. The molecule has 1 aliphatic rings. The minimum atomic E-state index is -0.478. The molecule has 1 fully saturated rings. The van der Waals surface area contributed by atoms with E-state index >= 15 is 0 Å². The van der Waals surface area contributed by atoms with E-state index in [4.69, 9.17) is 11.5 Å². The predicted molar refractivity (Wildman–Crippen MR) is 78.2 cm³/mol. The smallest absolute Gasteiger partial charge is 0.250 e. The van der Waals surface area contributed by atoms with Crippen LogP contribution >= 0.6 is 0 Å². The highest BCUT2D eigenvalue weighted by Crippen LogP contribution is 2.27. The molecular weight excluding hydrogens is 240 g/mol. The van der Waals surface area contributed by atoms with Crippen molar-refractivity contribution < 1.29 is 4.79 Å². The molecule has 19 heavy (non-hydrogen) atoms. The van der Waals surface area contributed by atoms with Crippen molar-refractivity contribution in [3.05, 3.63) is 23.8 Å². The molecule has 0 radical (unpaired) electrons. The first-order valence-corrected chi connectivity index (χ1v) is 6.57. The largest absolute Gasteiger partial charge is 0.396 e. The van der Waals surface area contributed by atoms with Crippen molar-refractivity contribution in [3.8, 4) is 0 Å². The number of nitrogens with zero attached hydrogens (tertiary/aromatic N) is 2. The molecule has 0 bridgehead atoms. The van der Waals surface area contributed by atoms with Gasteiger partial charge < -0.3 is 21.3 Å². The Hall–Kier alpha value is -1.75. The van der Waals surface area contributed by atoms with Crippen molar-refractivity contribution in [2.75, 3.05) is 44.4 Å². The fourth-order valence-corrected chi connectivity index (χ4v) is 2.76. The van der Waals surface area contributed by atoms with Gasteiger partial charge in [0.05, 0.1) is 16.9 Å². The second-order valence-corrected chi connectivity index (χ2v) is 5.40. The number of primary amides is 1. The average Bonchev–Trinajstić information content (AvgIpc) is 2.74. The maximum atomic E-state index is 11.3. The van der Waals surface area contributed by atoms with Crippen LogP contribution in [-0.2, 0) is 0 Å². The van der Waals surface area contributed by atoms with Gasteiger partial charge in [0, 0.05) is 20.1 Å². The minimum absolute atomic E-state index is 0.396. The zero-order chi connectivity index (χ0) is 14.0. The molecule has 1 unspecified atom stereocenters. The van der Waals surface area contributed by atoms with Crippen molar-refractivity contribution in [1.29, 1.82) is 0 Å². The molecule has 0 aliphatic carbocycles. The van der Waals surface area contributed by atoms with E-state index in [1.807, 2.05) is 19.2 Å². The molecule has 1 aliphatic heterocycles. The molecule has 4 N–H and O–H groups in total. The Morgan fingerprint density at radius 1 is 1.53 bits per heavy atom. The number of likely N-dealkylation sites (tertiary alicyclic amines) is 1. The van der Waals surface area contributed by atoms with E-state index < -0.39 is 5.91 Å². The van der Waals surface area contributed by atoms with Gasteiger partial charge in [-0.2, -0.15) is 0 Å².